The van der Waals surface area contributed by atoms with Crippen molar-refractivity contribution in [3.05, 3.63) is 76.6 Å². The van der Waals surface area contributed by atoms with Crippen LogP contribution >= 0.6 is 0 Å². The summed E-state index contributed by atoms with van der Waals surface area (Å²) >= 11 is 0. The Hall–Kier alpha value is -3.24. The summed E-state index contributed by atoms with van der Waals surface area (Å²) in [5, 5.41) is 22.3. The maximum absolute atomic E-state index is 13.1. The molecule has 1 saturated heterocycles. The first-order valence-electron chi connectivity index (χ1n) is 13.5. The fourth-order valence-corrected chi connectivity index (χ4v) is 7.09. The monoisotopic (exact) mass is 534 g/mol. The lowest BCUT2D eigenvalue weighted by atomic mass is 9.50. The minimum Gasteiger partial charge on any atom is -0.481 e. The number of aliphatic hydroxyl groups is 2. The van der Waals surface area contributed by atoms with E-state index in [0.29, 0.717) is 24.2 Å². The zero-order chi connectivity index (χ0) is 27.5. The minimum atomic E-state index is -1.19. The minimum absolute atomic E-state index is 0.129. The number of hydrogen-bond acceptors (Lipinski definition) is 9. The van der Waals surface area contributed by atoms with Crippen molar-refractivity contribution in [2.24, 2.45) is 5.73 Å². The molecule has 9 heteroatoms. The number of piperidine rings is 1. The molecular formula is C30H34N2O7. The van der Waals surface area contributed by atoms with Gasteiger partial charge >= 0.3 is 11.9 Å². The molecule has 0 aromatic heterocycles. The Morgan fingerprint density at radius 2 is 1.97 bits per heavy atom. The van der Waals surface area contributed by atoms with Gasteiger partial charge in [-0.25, -0.2) is 4.79 Å². The molecule has 2 unspecified atom stereocenters. The summed E-state index contributed by atoms with van der Waals surface area (Å²) in [6, 6.07) is 12.2. The predicted molar refractivity (Wildman–Crippen MR) is 141 cm³/mol. The average molecular weight is 535 g/mol. The third-order valence-corrected chi connectivity index (χ3v) is 9.07. The van der Waals surface area contributed by atoms with Crippen LogP contribution in [-0.4, -0.2) is 70.5 Å². The molecule has 2 aliphatic carbocycles. The lowest BCUT2D eigenvalue weighted by Crippen LogP contribution is -2.74. The van der Waals surface area contributed by atoms with Crippen LogP contribution in [0, 0.1) is 0 Å². The Bertz CT molecular complexity index is 1340. The van der Waals surface area contributed by atoms with E-state index < -0.39 is 41.2 Å². The molecule has 4 N–H and O–H groups in total. The van der Waals surface area contributed by atoms with Gasteiger partial charge in [0.05, 0.1) is 17.6 Å². The second-order valence-electron chi connectivity index (χ2n) is 11.2. The van der Waals surface area contributed by atoms with E-state index in [1.807, 2.05) is 49.5 Å². The number of rotatable bonds is 7. The van der Waals surface area contributed by atoms with Gasteiger partial charge in [-0.3, -0.25) is 4.79 Å². The highest BCUT2D eigenvalue weighted by Crippen LogP contribution is 2.64. The molecule has 2 heterocycles. The van der Waals surface area contributed by atoms with Crippen molar-refractivity contribution < 1.29 is 34.0 Å². The van der Waals surface area contributed by atoms with Gasteiger partial charge in [0, 0.05) is 23.6 Å². The lowest BCUT2D eigenvalue weighted by Gasteiger charge is -2.61. The van der Waals surface area contributed by atoms with Crippen LogP contribution in [0.15, 0.2) is 54.3 Å². The largest absolute Gasteiger partial charge is 0.481 e. The number of ether oxygens (including phenoxy) is 3. The summed E-state index contributed by atoms with van der Waals surface area (Å²) in [4.78, 5) is 27.9. The zero-order valence-electron chi connectivity index (χ0n) is 22.1. The lowest BCUT2D eigenvalue weighted by molar-refractivity contribution is -0.175. The molecule has 9 nitrogen and oxygen atoms in total. The number of likely N-dealkylation sites (N-methyl/N-ethyl adjacent to an activating group) is 1. The van der Waals surface area contributed by atoms with Crippen molar-refractivity contribution in [2.45, 2.75) is 74.5 Å². The van der Waals surface area contributed by atoms with E-state index in [2.05, 4.69) is 4.90 Å². The summed E-state index contributed by atoms with van der Waals surface area (Å²) in [6.07, 6.45) is 1.61. The van der Waals surface area contributed by atoms with Gasteiger partial charge in [-0.2, -0.15) is 0 Å². The second kappa shape index (κ2) is 9.45. The Morgan fingerprint density at radius 3 is 2.72 bits per heavy atom. The van der Waals surface area contributed by atoms with Crippen molar-refractivity contribution in [1.82, 2.24) is 4.90 Å². The van der Waals surface area contributed by atoms with E-state index in [4.69, 9.17) is 19.9 Å². The molecule has 39 heavy (non-hydrogen) atoms. The number of benzene rings is 2. The van der Waals surface area contributed by atoms with Crippen molar-refractivity contribution in [1.29, 1.82) is 0 Å². The van der Waals surface area contributed by atoms with Crippen LogP contribution in [0.2, 0.25) is 0 Å². The van der Waals surface area contributed by atoms with E-state index in [-0.39, 0.29) is 31.2 Å². The first-order valence-corrected chi connectivity index (χ1v) is 13.5. The molecule has 0 amide bonds. The maximum atomic E-state index is 13.1. The number of nitrogens with two attached hydrogens (primary N) is 1. The van der Waals surface area contributed by atoms with Crippen LogP contribution in [0.1, 0.15) is 42.0 Å². The third kappa shape index (κ3) is 3.82. The summed E-state index contributed by atoms with van der Waals surface area (Å²) < 4.78 is 17.7. The van der Waals surface area contributed by atoms with Gasteiger partial charge in [0.2, 0.25) is 0 Å². The molecule has 6 rings (SSSR count). The highest BCUT2D eigenvalue weighted by Gasteiger charge is 2.71. The van der Waals surface area contributed by atoms with Gasteiger partial charge < -0.3 is 35.1 Å². The van der Waals surface area contributed by atoms with Crippen molar-refractivity contribution in [2.75, 3.05) is 13.6 Å². The zero-order valence-corrected chi connectivity index (χ0v) is 22.1. The topological polar surface area (TPSA) is 132 Å². The van der Waals surface area contributed by atoms with E-state index in [1.165, 1.54) is 6.92 Å². The van der Waals surface area contributed by atoms with Crippen molar-refractivity contribution in [3.8, 4) is 5.75 Å². The van der Waals surface area contributed by atoms with Gasteiger partial charge in [-0.1, -0.05) is 42.5 Å². The highest BCUT2D eigenvalue weighted by molar-refractivity contribution is 5.82. The maximum Gasteiger partial charge on any atom is 0.352 e. The van der Waals surface area contributed by atoms with Crippen LogP contribution in [0.25, 0.3) is 0 Å². The number of carbonyl (C=O) groups is 2. The van der Waals surface area contributed by atoms with E-state index in [9.17, 15) is 19.8 Å². The summed E-state index contributed by atoms with van der Waals surface area (Å²) in [6.45, 7) is 1.98. The number of carbonyl (C=O) groups excluding carboxylic acids is 2. The summed E-state index contributed by atoms with van der Waals surface area (Å²) in [5.41, 5.74) is 7.60. The van der Waals surface area contributed by atoms with Gasteiger partial charge in [-0.05, 0) is 57.0 Å². The first kappa shape index (κ1) is 26.0. The normalized spacial score (nSPS) is 29.9. The smallest absolute Gasteiger partial charge is 0.352 e. The Morgan fingerprint density at radius 1 is 1.21 bits per heavy atom. The number of likely N-dealkylation sites (tertiary alicyclic amines) is 1. The van der Waals surface area contributed by atoms with Crippen LogP contribution in [0.3, 0.4) is 0 Å². The molecule has 2 aromatic carbocycles. The number of esters is 2. The standard InChI is InChI=1S/C30H34N2O7/c1-17(37-28(35)21(31)14-18-6-4-3-5-7-18)27(34)38-22-10-11-30(36)23-15-19-8-9-20(16-33)25-24(19)29(30,26(22)39-25)12-13-32(23)2/h3-10,17,21,23,26,33,36H,11-16,31H2,1-2H3/t17-,21-,23+,26?,29?,30+/m0/s1. The quantitative estimate of drug-likeness (QED) is 0.452. The predicted octanol–water partition coefficient (Wildman–Crippen LogP) is 1.50. The van der Waals surface area contributed by atoms with Crippen molar-refractivity contribution >= 4 is 11.9 Å². The molecule has 2 bridgehead atoms. The number of hydrogen-bond donors (Lipinski definition) is 3. The number of aliphatic hydroxyl groups excluding tert-OH is 1. The second-order valence-corrected chi connectivity index (χ2v) is 11.2. The Labute approximate surface area is 227 Å². The molecule has 0 saturated carbocycles. The van der Waals surface area contributed by atoms with Crippen LogP contribution in [0.5, 0.6) is 5.75 Å². The molecule has 0 radical (unpaired) electrons. The summed E-state index contributed by atoms with van der Waals surface area (Å²) in [5.74, 6) is -0.582. The van der Waals surface area contributed by atoms with Crippen molar-refractivity contribution in [3.63, 3.8) is 0 Å². The molecule has 206 valence electrons. The third-order valence-electron chi connectivity index (χ3n) is 9.07. The van der Waals surface area contributed by atoms with Gasteiger partial charge in [0.15, 0.2) is 12.2 Å². The van der Waals surface area contributed by atoms with E-state index in [1.54, 1.807) is 6.08 Å². The SMILES string of the molecule is C[C@H](OC(=O)[C@@H](N)Cc1ccccc1)C(=O)OC1=CC[C@@]2(O)[C@H]3Cc4ccc(CO)c5c4C2(CCN3C)C1O5. The number of nitrogens with zero attached hydrogens (tertiary/aromatic N) is 1. The molecule has 2 aromatic rings. The van der Waals surface area contributed by atoms with Crippen LogP contribution in [-0.2, 0) is 43.9 Å². The highest BCUT2D eigenvalue weighted by atomic mass is 16.6. The molecular weight excluding hydrogens is 500 g/mol. The Kier molecular flexibility index (Phi) is 6.30. The van der Waals surface area contributed by atoms with Gasteiger partial charge in [0.25, 0.3) is 0 Å². The Balaban J connectivity index is 1.24. The summed E-state index contributed by atoms with van der Waals surface area (Å²) in [7, 11) is 2.02. The van der Waals surface area contributed by atoms with E-state index >= 15 is 0 Å². The van der Waals surface area contributed by atoms with Gasteiger partial charge in [0.1, 0.15) is 17.6 Å². The molecule has 6 atom stereocenters. The molecule has 1 spiro atoms. The van der Waals surface area contributed by atoms with E-state index in [0.717, 1.165) is 23.2 Å². The van der Waals surface area contributed by atoms with Crippen LogP contribution in [0.4, 0.5) is 0 Å². The van der Waals surface area contributed by atoms with Crippen LogP contribution < -0.4 is 10.5 Å². The molecule has 4 aliphatic rings. The average Bonchev–Trinajstić information content (AvgIpc) is 3.28. The fraction of sp³-hybridized carbons (Fsp3) is 0.467. The molecule has 1 fully saturated rings. The van der Waals surface area contributed by atoms with Gasteiger partial charge in [-0.15, -0.1) is 0 Å². The fourth-order valence-electron chi connectivity index (χ4n) is 7.09. The first-order chi connectivity index (χ1) is 18.7. The molecule has 2 aliphatic heterocycles.